The van der Waals surface area contributed by atoms with Gasteiger partial charge in [-0.05, 0) is 32.0 Å². The molecule has 0 aliphatic rings. The van der Waals surface area contributed by atoms with Gasteiger partial charge in [-0.1, -0.05) is 53.0 Å². The van der Waals surface area contributed by atoms with Crippen molar-refractivity contribution in [2.75, 3.05) is 0 Å². The summed E-state index contributed by atoms with van der Waals surface area (Å²) in [5, 5.41) is 14.5. The lowest BCUT2D eigenvalue weighted by Crippen LogP contribution is -2.13. The van der Waals surface area contributed by atoms with Crippen LogP contribution in [0.15, 0.2) is 62.9 Å². The third kappa shape index (κ3) is 4.03. The van der Waals surface area contributed by atoms with Crippen molar-refractivity contribution in [1.29, 1.82) is 0 Å². The summed E-state index contributed by atoms with van der Waals surface area (Å²) in [7, 11) is 0. The fourth-order valence-electron chi connectivity index (χ4n) is 2.68. The quantitative estimate of drug-likeness (QED) is 0.359. The number of rotatable bonds is 4. The summed E-state index contributed by atoms with van der Waals surface area (Å²) in [5.74, 6) is 0. The van der Waals surface area contributed by atoms with E-state index in [4.69, 9.17) is 23.2 Å². The zero-order valence-corrected chi connectivity index (χ0v) is 17.8. The van der Waals surface area contributed by atoms with E-state index in [9.17, 15) is 4.79 Å². The molecule has 0 saturated carbocycles. The van der Waals surface area contributed by atoms with E-state index in [-0.39, 0.29) is 11.2 Å². The van der Waals surface area contributed by atoms with Crippen LogP contribution in [0, 0.1) is 13.8 Å². The minimum Gasteiger partial charge on any atom is -0.291 e. The summed E-state index contributed by atoms with van der Waals surface area (Å²) < 4.78 is 1.37. The molecule has 0 aliphatic carbocycles. The minimum absolute atomic E-state index is 0.197. The number of halogens is 2. The Morgan fingerprint density at radius 3 is 2.55 bits per heavy atom. The van der Waals surface area contributed by atoms with Gasteiger partial charge in [0.25, 0.3) is 0 Å². The van der Waals surface area contributed by atoms with Crippen molar-refractivity contribution in [3.05, 3.63) is 79.5 Å². The van der Waals surface area contributed by atoms with E-state index in [2.05, 4.69) is 20.3 Å². The molecule has 0 amide bonds. The number of aromatic amines is 1. The average Bonchev–Trinajstić information content (AvgIpc) is 3.27. The van der Waals surface area contributed by atoms with Gasteiger partial charge in [-0.2, -0.15) is 4.68 Å². The molecule has 0 saturated heterocycles. The number of hydrogen-bond donors (Lipinski definition) is 1. The highest BCUT2D eigenvalue weighted by Crippen LogP contribution is 2.30. The Morgan fingerprint density at radius 2 is 1.83 bits per heavy atom. The van der Waals surface area contributed by atoms with Crippen molar-refractivity contribution in [3.8, 4) is 16.4 Å². The lowest BCUT2D eigenvalue weighted by molar-refractivity contribution is 0.827. The number of aryl methyl sites for hydroxylation is 2. The van der Waals surface area contributed by atoms with Crippen LogP contribution in [0.4, 0.5) is 11.4 Å². The Hall–Kier alpha value is -2.74. The van der Waals surface area contributed by atoms with Crippen LogP contribution in [0.25, 0.3) is 16.4 Å². The summed E-state index contributed by atoms with van der Waals surface area (Å²) in [6, 6.07) is 12.9. The van der Waals surface area contributed by atoms with E-state index in [0.29, 0.717) is 26.6 Å². The Kier molecular flexibility index (Phi) is 5.36. The molecule has 9 heteroatoms. The summed E-state index contributed by atoms with van der Waals surface area (Å²) in [6.45, 7) is 3.79. The number of nitrogens with one attached hydrogen (secondary N) is 1. The van der Waals surface area contributed by atoms with E-state index in [1.165, 1.54) is 21.6 Å². The molecule has 146 valence electrons. The lowest BCUT2D eigenvalue weighted by Gasteiger charge is -1.97. The van der Waals surface area contributed by atoms with Crippen molar-refractivity contribution < 1.29 is 0 Å². The fourth-order valence-corrected chi connectivity index (χ4v) is 3.92. The smallest absolute Gasteiger partial charge is 0.291 e. The van der Waals surface area contributed by atoms with Crippen molar-refractivity contribution in [3.63, 3.8) is 0 Å². The second-order valence-corrected chi connectivity index (χ2v) is 8.08. The van der Waals surface area contributed by atoms with Gasteiger partial charge in [-0.15, -0.1) is 21.6 Å². The van der Waals surface area contributed by atoms with Crippen LogP contribution in [0.5, 0.6) is 0 Å². The number of aromatic nitrogens is 3. The van der Waals surface area contributed by atoms with Gasteiger partial charge in [-0.25, -0.2) is 4.98 Å². The van der Waals surface area contributed by atoms with Gasteiger partial charge in [0.05, 0.1) is 16.4 Å². The van der Waals surface area contributed by atoms with Gasteiger partial charge in [0, 0.05) is 16.0 Å². The first kappa shape index (κ1) is 19.6. The van der Waals surface area contributed by atoms with Crippen LogP contribution in [0.3, 0.4) is 0 Å². The van der Waals surface area contributed by atoms with E-state index in [1.807, 2.05) is 36.6 Å². The predicted molar refractivity (Wildman–Crippen MR) is 118 cm³/mol. The lowest BCUT2D eigenvalue weighted by atomic mass is 10.1. The van der Waals surface area contributed by atoms with Crippen molar-refractivity contribution in [2.45, 2.75) is 13.8 Å². The molecule has 0 bridgehead atoms. The number of azo groups is 1. The van der Waals surface area contributed by atoms with Crippen molar-refractivity contribution in [1.82, 2.24) is 14.8 Å². The molecule has 29 heavy (non-hydrogen) atoms. The zero-order valence-electron chi connectivity index (χ0n) is 15.5. The van der Waals surface area contributed by atoms with Crippen LogP contribution < -0.4 is 5.56 Å². The topological polar surface area (TPSA) is 75.4 Å². The van der Waals surface area contributed by atoms with Gasteiger partial charge in [0.2, 0.25) is 5.13 Å². The Bertz CT molecular complexity index is 1270. The van der Waals surface area contributed by atoms with Crippen LogP contribution in [-0.2, 0) is 0 Å². The Morgan fingerprint density at radius 1 is 1.07 bits per heavy atom. The molecule has 2 aromatic carbocycles. The van der Waals surface area contributed by atoms with E-state index in [1.54, 1.807) is 25.1 Å². The number of H-pyrrole nitrogens is 1. The van der Waals surface area contributed by atoms with Gasteiger partial charge >= 0.3 is 5.56 Å². The van der Waals surface area contributed by atoms with Crippen LogP contribution in [0.1, 0.15) is 11.3 Å². The number of thiazole rings is 1. The average molecular weight is 444 g/mol. The highest BCUT2D eigenvalue weighted by molar-refractivity contribution is 7.12. The molecule has 0 unspecified atom stereocenters. The molecule has 1 N–H and O–H groups in total. The fraction of sp³-hybridized carbons (Fsp3) is 0.100. The highest BCUT2D eigenvalue weighted by atomic mass is 35.5. The van der Waals surface area contributed by atoms with Gasteiger partial charge < -0.3 is 0 Å². The monoisotopic (exact) mass is 443 g/mol. The highest BCUT2D eigenvalue weighted by Gasteiger charge is 2.15. The molecule has 0 spiro atoms. The molecule has 0 fully saturated rings. The molecule has 0 radical (unpaired) electrons. The summed E-state index contributed by atoms with van der Waals surface area (Å²) in [4.78, 5) is 17.4. The van der Waals surface area contributed by atoms with Gasteiger partial charge in [-0.3, -0.25) is 9.89 Å². The van der Waals surface area contributed by atoms with Crippen LogP contribution >= 0.6 is 34.5 Å². The number of hydrogen-bond acceptors (Lipinski definition) is 5. The molecule has 4 rings (SSSR count). The first-order valence-corrected chi connectivity index (χ1v) is 10.3. The second-order valence-electron chi connectivity index (χ2n) is 6.40. The molecule has 0 aliphatic heterocycles. The third-order valence-corrected chi connectivity index (χ3v) is 5.60. The molecule has 2 aromatic heterocycles. The number of benzene rings is 2. The van der Waals surface area contributed by atoms with Crippen molar-refractivity contribution in [2.24, 2.45) is 10.2 Å². The summed E-state index contributed by atoms with van der Waals surface area (Å²) in [5.41, 5.74) is 3.85. The van der Waals surface area contributed by atoms with Crippen molar-refractivity contribution >= 4 is 45.9 Å². The largest absolute Gasteiger partial charge is 0.301 e. The predicted octanol–water partition coefficient (Wildman–Crippen LogP) is 6.63. The normalized spacial score (nSPS) is 11.4. The zero-order chi connectivity index (χ0) is 20.5. The molecule has 0 atom stereocenters. The maximum Gasteiger partial charge on any atom is 0.301 e. The summed E-state index contributed by atoms with van der Waals surface area (Å²) >= 11 is 13.4. The Labute approximate surface area is 180 Å². The second kappa shape index (κ2) is 7.94. The first-order chi connectivity index (χ1) is 13.9. The van der Waals surface area contributed by atoms with Crippen LogP contribution in [0.2, 0.25) is 10.0 Å². The molecular weight excluding hydrogens is 429 g/mol. The van der Waals surface area contributed by atoms with E-state index >= 15 is 0 Å². The molecule has 4 aromatic rings. The summed E-state index contributed by atoms with van der Waals surface area (Å²) in [6.07, 6.45) is 0. The molecule has 6 nitrogen and oxygen atoms in total. The van der Waals surface area contributed by atoms with E-state index in [0.717, 1.165) is 11.3 Å². The van der Waals surface area contributed by atoms with Crippen LogP contribution in [-0.4, -0.2) is 14.8 Å². The van der Waals surface area contributed by atoms with E-state index < -0.39 is 0 Å². The SMILES string of the molecule is Cc1ccc(-c2csc(-n3[nH]c(C)c(N=Nc4ccc(Cl)cc4Cl)c3=O)n2)cc1. The maximum atomic E-state index is 12.8. The minimum atomic E-state index is -0.332. The Balaban J connectivity index is 1.66. The van der Waals surface area contributed by atoms with Gasteiger partial charge in [0.15, 0.2) is 5.69 Å². The van der Waals surface area contributed by atoms with Gasteiger partial charge in [0.1, 0.15) is 5.69 Å². The third-order valence-electron chi connectivity index (χ3n) is 4.24. The molecule has 2 heterocycles. The molecular formula is C20H15Cl2N5OS. The standard InChI is InChI=1S/C20H15Cl2N5OS/c1-11-3-5-13(6-4-11)17-10-29-20(23-17)27-19(28)18(12(2)26-27)25-24-16-8-7-14(21)9-15(16)22/h3-10,26H,1-2H3. The number of nitrogens with zero attached hydrogens (tertiary/aromatic N) is 4. The first-order valence-electron chi connectivity index (χ1n) is 8.64. The maximum absolute atomic E-state index is 12.8.